The summed E-state index contributed by atoms with van der Waals surface area (Å²) in [4.78, 5) is 16.4. The minimum absolute atomic E-state index is 0.459. The van der Waals surface area contributed by atoms with Gasteiger partial charge in [0.05, 0.1) is 16.8 Å². The van der Waals surface area contributed by atoms with E-state index in [1.807, 2.05) is 42.5 Å². The fourth-order valence-corrected chi connectivity index (χ4v) is 2.80. The lowest BCUT2D eigenvalue weighted by atomic mass is 10.0. The van der Waals surface area contributed by atoms with E-state index in [9.17, 15) is 4.79 Å². The molecule has 0 aliphatic carbocycles. The molecular formula is C16H10Br2N2O. The van der Waals surface area contributed by atoms with Gasteiger partial charge in [-0.25, -0.2) is 4.98 Å². The number of carbonyl (C=O) groups is 1. The van der Waals surface area contributed by atoms with Crippen molar-refractivity contribution in [2.45, 2.75) is 0 Å². The lowest BCUT2D eigenvalue weighted by Crippen LogP contribution is -2.12. The third-order valence-electron chi connectivity index (χ3n) is 3.18. The van der Waals surface area contributed by atoms with Gasteiger partial charge >= 0.3 is 0 Å². The van der Waals surface area contributed by atoms with Crippen LogP contribution < -0.4 is 5.73 Å². The highest BCUT2D eigenvalue weighted by Crippen LogP contribution is 2.27. The molecule has 0 unspecified atom stereocenters. The number of hydrogen-bond acceptors (Lipinski definition) is 2. The van der Waals surface area contributed by atoms with Gasteiger partial charge in [-0.1, -0.05) is 44.0 Å². The van der Waals surface area contributed by atoms with Gasteiger partial charge in [-0.3, -0.25) is 4.79 Å². The molecule has 1 heterocycles. The van der Waals surface area contributed by atoms with Crippen molar-refractivity contribution in [3.05, 3.63) is 63.0 Å². The quantitative estimate of drug-likeness (QED) is 0.681. The summed E-state index contributed by atoms with van der Waals surface area (Å²) in [6.07, 6.45) is 0. The standard InChI is InChI=1S/C16H10Br2N2O/c17-10-3-1-9(2-4-10)15-8-13(16(19)21)12-7-11(18)5-6-14(12)20-15/h1-8H,(H2,19,21). The lowest BCUT2D eigenvalue weighted by Gasteiger charge is -2.08. The molecule has 0 saturated heterocycles. The molecule has 3 rings (SSSR count). The Morgan fingerprint density at radius 1 is 0.952 bits per heavy atom. The first-order valence-electron chi connectivity index (χ1n) is 6.20. The molecule has 5 heteroatoms. The maximum absolute atomic E-state index is 11.7. The van der Waals surface area contributed by atoms with Crippen molar-refractivity contribution >= 4 is 48.7 Å². The van der Waals surface area contributed by atoms with Gasteiger partial charge in [0.25, 0.3) is 0 Å². The zero-order chi connectivity index (χ0) is 15.0. The van der Waals surface area contributed by atoms with Crippen LogP contribution >= 0.6 is 31.9 Å². The maximum Gasteiger partial charge on any atom is 0.249 e. The largest absolute Gasteiger partial charge is 0.366 e. The molecule has 2 aromatic carbocycles. The maximum atomic E-state index is 11.7. The van der Waals surface area contributed by atoms with Gasteiger partial charge in [-0.05, 0) is 36.4 Å². The highest BCUT2D eigenvalue weighted by atomic mass is 79.9. The van der Waals surface area contributed by atoms with E-state index in [1.165, 1.54) is 0 Å². The Balaban J connectivity index is 2.28. The molecule has 0 aliphatic heterocycles. The molecule has 3 nitrogen and oxygen atoms in total. The average Bonchev–Trinajstić information content (AvgIpc) is 2.46. The van der Waals surface area contributed by atoms with Gasteiger partial charge in [0.15, 0.2) is 0 Å². The van der Waals surface area contributed by atoms with Crippen LogP contribution in [-0.4, -0.2) is 10.9 Å². The molecule has 1 amide bonds. The fraction of sp³-hybridized carbons (Fsp3) is 0. The van der Waals surface area contributed by atoms with Crippen molar-refractivity contribution in [2.75, 3.05) is 0 Å². The first kappa shape index (κ1) is 14.2. The van der Waals surface area contributed by atoms with Crippen LogP contribution in [-0.2, 0) is 0 Å². The van der Waals surface area contributed by atoms with Gasteiger partial charge in [-0.15, -0.1) is 0 Å². The Bertz CT molecular complexity index is 845. The van der Waals surface area contributed by atoms with Crippen LogP contribution in [0.4, 0.5) is 0 Å². The normalized spacial score (nSPS) is 10.8. The summed E-state index contributed by atoms with van der Waals surface area (Å²) in [6.45, 7) is 0. The Labute approximate surface area is 138 Å². The molecule has 104 valence electrons. The fourth-order valence-electron chi connectivity index (χ4n) is 2.17. The van der Waals surface area contributed by atoms with E-state index in [-0.39, 0.29) is 0 Å². The Hall–Kier alpha value is -1.72. The van der Waals surface area contributed by atoms with E-state index < -0.39 is 5.91 Å². The number of amides is 1. The van der Waals surface area contributed by atoms with Crippen LogP contribution in [0.3, 0.4) is 0 Å². The van der Waals surface area contributed by atoms with Gasteiger partial charge < -0.3 is 5.73 Å². The van der Waals surface area contributed by atoms with E-state index in [0.717, 1.165) is 31.1 Å². The Morgan fingerprint density at radius 3 is 2.29 bits per heavy atom. The molecule has 2 N–H and O–H groups in total. The number of pyridine rings is 1. The Kier molecular flexibility index (Phi) is 3.78. The zero-order valence-corrected chi connectivity index (χ0v) is 14.0. The molecule has 3 aromatic rings. The predicted molar refractivity (Wildman–Crippen MR) is 91.1 cm³/mol. The number of hydrogen-bond donors (Lipinski definition) is 1. The second kappa shape index (κ2) is 5.58. The van der Waals surface area contributed by atoms with Gasteiger partial charge in [0.1, 0.15) is 0 Å². The molecule has 0 radical (unpaired) electrons. The van der Waals surface area contributed by atoms with Crippen LogP contribution in [0.25, 0.3) is 22.2 Å². The Morgan fingerprint density at radius 2 is 1.62 bits per heavy atom. The zero-order valence-electron chi connectivity index (χ0n) is 10.8. The summed E-state index contributed by atoms with van der Waals surface area (Å²) in [5.41, 5.74) is 8.39. The van der Waals surface area contributed by atoms with Gasteiger partial charge in [0.2, 0.25) is 5.91 Å². The van der Waals surface area contributed by atoms with Gasteiger partial charge in [-0.2, -0.15) is 0 Å². The third kappa shape index (κ3) is 2.84. The van der Waals surface area contributed by atoms with E-state index >= 15 is 0 Å². The van der Waals surface area contributed by atoms with Gasteiger partial charge in [0, 0.05) is 19.9 Å². The van der Waals surface area contributed by atoms with E-state index in [2.05, 4.69) is 36.8 Å². The molecule has 0 atom stereocenters. The lowest BCUT2D eigenvalue weighted by molar-refractivity contribution is 0.100. The summed E-state index contributed by atoms with van der Waals surface area (Å²) < 4.78 is 1.88. The summed E-state index contributed by atoms with van der Waals surface area (Å²) >= 11 is 6.81. The highest BCUT2D eigenvalue weighted by Gasteiger charge is 2.12. The van der Waals surface area contributed by atoms with Crippen LogP contribution in [0.15, 0.2) is 57.5 Å². The highest BCUT2D eigenvalue weighted by molar-refractivity contribution is 9.10. The summed E-state index contributed by atoms with van der Waals surface area (Å²) in [5.74, 6) is -0.459. The molecule has 1 aromatic heterocycles. The van der Waals surface area contributed by atoms with Crippen molar-refractivity contribution in [1.29, 1.82) is 0 Å². The molecule has 0 bridgehead atoms. The monoisotopic (exact) mass is 404 g/mol. The molecular weight excluding hydrogens is 396 g/mol. The number of nitrogens with zero attached hydrogens (tertiary/aromatic N) is 1. The minimum Gasteiger partial charge on any atom is -0.366 e. The number of fused-ring (bicyclic) bond motifs is 1. The van der Waals surface area contributed by atoms with Crippen LogP contribution in [0, 0.1) is 0 Å². The number of aromatic nitrogens is 1. The van der Waals surface area contributed by atoms with Crippen molar-refractivity contribution < 1.29 is 4.79 Å². The first-order chi connectivity index (χ1) is 10.0. The third-order valence-corrected chi connectivity index (χ3v) is 4.20. The second-order valence-electron chi connectivity index (χ2n) is 4.59. The number of benzene rings is 2. The topological polar surface area (TPSA) is 56.0 Å². The van der Waals surface area contributed by atoms with E-state index in [1.54, 1.807) is 6.07 Å². The van der Waals surface area contributed by atoms with Crippen molar-refractivity contribution in [2.24, 2.45) is 5.73 Å². The van der Waals surface area contributed by atoms with Crippen LogP contribution in [0.5, 0.6) is 0 Å². The summed E-state index contributed by atoms with van der Waals surface area (Å²) in [5, 5.41) is 0.748. The predicted octanol–water partition coefficient (Wildman–Crippen LogP) is 4.53. The van der Waals surface area contributed by atoms with Crippen LogP contribution in [0.2, 0.25) is 0 Å². The average molecular weight is 406 g/mol. The summed E-state index contributed by atoms with van der Waals surface area (Å²) in [6, 6.07) is 15.1. The molecule has 21 heavy (non-hydrogen) atoms. The van der Waals surface area contributed by atoms with E-state index in [0.29, 0.717) is 5.56 Å². The molecule has 0 spiro atoms. The molecule has 0 saturated carbocycles. The number of rotatable bonds is 2. The molecule has 0 fully saturated rings. The number of carbonyl (C=O) groups excluding carboxylic acids is 1. The first-order valence-corrected chi connectivity index (χ1v) is 7.79. The molecule has 0 aliphatic rings. The number of primary amides is 1. The van der Waals surface area contributed by atoms with Crippen LogP contribution in [0.1, 0.15) is 10.4 Å². The smallest absolute Gasteiger partial charge is 0.249 e. The number of nitrogens with two attached hydrogens (primary N) is 1. The van der Waals surface area contributed by atoms with Crippen molar-refractivity contribution in [1.82, 2.24) is 4.98 Å². The summed E-state index contributed by atoms with van der Waals surface area (Å²) in [7, 11) is 0. The SMILES string of the molecule is NC(=O)c1cc(-c2ccc(Br)cc2)nc2ccc(Br)cc12. The van der Waals surface area contributed by atoms with Crippen molar-refractivity contribution in [3.63, 3.8) is 0 Å². The van der Waals surface area contributed by atoms with Crippen molar-refractivity contribution in [3.8, 4) is 11.3 Å². The van der Waals surface area contributed by atoms with E-state index in [4.69, 9.17) is 5.73 Å². The second-order valence-corrected chi connectivity index (χ2v) is 6.42. The minimum atomic E-state index is -0.459. The number of halogens is 2.